The van der Waals surface area contributed by atoms with Gasteiger partial charge in [-0.25, -0.2) is 14.4 Å². The molecule has 1 saturated heterocycles. The predicted molar refractivity (Wildman–Crippen MR) is 125 cm³/mol. The van der Waals surface area contributed by atoms with Crippen LogP contribution in [0.5, 0.6) is 0 Å². The van der Waals surface area contributed by atoms with Crippen molar-refractivity contribution < 1.29 is 17.6 Å². The molecule has 5 nitrogen and oxygen atoms in total. The largest absolute Gasteiger partial charge is 0.416 e. The van der Waals surface area contributed by atoms with Crippen molar-refractivity contribution in [1.82, 2.24) is 15.0 Å². The highest BCUT2D eigenvalue weighted by Crippen LogP contribution is 2.38. The van der Waals surface area contributed by atoms with E-state index in [0.717, 1.165) is 12.1 Å². The van der Waals surface area contributed by atoms with Crippen molar-refractivity contribution in [2.24, 2.45) is 0 Å². The van der Waals surface area contributed by atoms with E-state index in [4.69, 9.17) is 11.6 Å². The standard InChI is InChI=1S/C24H20ClF4N5/c1-14-13-33(22-19(25)3-2-8-30-22)9-10-34(14)23-31-20-12-16(24(27,28)29)11-18(21(20)32-23)15-4-6-17(26)7-5-15/h2-8,11-12,14H,9-10,13H2,1H3,(H,31,32)/t14-/m1/s1. The van der Waals surface area contributed by atoms with Crippen LogP contribution in [0.4, 0.5) is 29.3 Å². The number of rotatable bonds is 3. The van der Waals surface area contributed by atoms with Gasteiger partial charge in [-0.1, -0.05) is 23.7 Å². The van der Waals surface area contributed by atoms with E-state index in [9.17, 15) is 17.6 Å². The second-order valence-electron chi connectivity index (χ2n) is 8.28. The number of hydrogen-bond acceptors (Lipinski definition) is 4. The van der Waals surface area contributed by atoms with Crippen LogP contribution in [0.1, 0.15) is 12.5 Å². The van der Waals surface area contributed by atoms with Crippen LogP contribution >= 0.6 is 11.6 Å². The number of nitrogens with one attached hydrogen (secondary N) is 1. The van der Waals surface area contributed by atoms with E-state index in [1.807, 2.05) is 11.8 Å². The smallest absolute Gasteiger partial charge is 0.352 e. The van der Waals surface area contributed by atoms with Crippen LogP contribution in [0.25, 0.3) is 22.2 Å². The van der Waals surface area contributed by atoms with E-state index >= 15 is 0 Å². The molecule has 1 fully saturated rings. The van der Waals surface area contributed by atoms with Crippen LogP contribution in [0.2, 0.25) is 5.02 Å². The number of anilines is 2. The molecule has 1 atom stereocenters. The highest BCUT2D eigenvalue weighted by atomic mass is 35.5. The van der Waals surface area contributed by atoms with Gasteiger partial charge in [0.2, 0.25) is 5.95 Å². The number of alkyl halides is 3. The van der Waals surface area contributed by atoms with Crippen LogP contribution in [-0.2, 0) is 6.18 Å². The fourth-order valence-corrected chi connectivity index (χ4v) is 4.57. The molecule has 0 bridgehead atoms. The topological polar surface area (TPSA) is 48.1 Å². The number of aromatic amines is 1. The molecule has 0 amide bonds. The number of benzene rings is 2. The monoisotopic (exact) mass is 489 g/mol. The Kier molecular flexibility index (Phi) is 5.59. The van der Waals surface area contributed by atoms with Crippen molar-refractivity contribution in [1.29, 1.82) is 0 Å². The first-order chi connectivity index (χ1) is 16.2. The minimum atomic E-state index is -4.54. The lowest BCUT2D eigenvalue weighted by molar-refractivity contribution is -0.137. The summed E-state index contributed by atoms with van der Waals surface area (Å²) in [6.07, 6.45) is -2.85. The minimum absolute atomic E-state index is 0.0104. The Morgan fingerprint density at radius 2 is 1.85 bits per heavy atom. The molecular weight excluding hydrogens is 470 g/mol. The van der Waals surface area contributed by atoms with Crippen LogP contribution in [-0.4, -0.2) is 40.6 Å². The summed E-state index contributed by atoms with van der Waals surface area (Å²) < 4.78 is 54.2. The van der Waals surface area contributed by atoms with Gasteiger partial charge in [0.05, 0.1) is 21.6 Å². The summed E-state index contributed by atoms with van der Waals surface area (Å²) in [5.41, 5.74) is 0.647. The Bertz CT molecular complexity index is 1340. The van der Waals surface area contributed by atoms with Crippen LogP contribution < -0.4 is 9.80 Å². The van der Waals surface area contributed by atoms with Crippen LogP contribution in [0.15, 0.2) is 54.7 Å². The molecule has 176 valence electrons. The lowest BCUT2D eigenvalue weighted by atomic mass is 10.0. The number of fused-ring (bicyclic) bond motifs is 1. The van der Waals surface area contributed by atoms with E-state index in [0.29, 0.717) is 53.1 Å². The fourth-order valence-electron chi connectivity index (χ4n) is 4.33. The Balaban J connectivity index is 1.52. The summed E-state index contributed by atoms with van der Waals surface area (Å²) in [5.74, 6) is 0.725. The number of H-pyrrole nitrogens is 1. The molecule has 4 aromatic rings. The van der Waals surface area contributed by atoms with Gasteiger partial charge < -0.3 is 14.8 Å². The summed E-state index contributed by atoms with van der Waals surface area (Å²) in [5, 5.41) is 0.565. The normalized spacial score (nSPS) is 16.9. The number of hydrogen-bond donors (Lipinski definition) is 1. The van der Waals surface area contributed by atoms with Gasteiger partial charge in [-0.05, 0) is 48.9 Å². The average Bonchev–Trinajstić information content (AvgIpc) is 3.22. The van der Waals surface area contributed by atoms with Gasteiger partial charge in [0, 0.05) is 37.4 Å². The van der Waals surface area contributed by atoms with E-state index in [2.05, 4.69) is 19.9 Å². The van der Waals surface area contributed by atoms with E-state index < -0.39 is 17.6 Å². The number of nitrogens with zero attached hydrogens (tertiary/aromatic N) is 4. The van der Waals surface area contributed by atoms with E-state index in [1.54, 1.807) is 18.3 Å². The summed E-state index contributed by atoms with van der Waals surface area (Å²) in [6, 6.07) is 11.0. The van der Waals surface area contributed by atoms with Gasteiger partial charge >= 0.3 is 6.18 Å². The number of imidazole rings is 1. The lowest BCUT2D eigenvalue weighted by Crippen LogP contribution is -2.52. The molecule has 2 aromatic heterocycles. The third-order valence-electron chi connectivity index (χ3n) is 6.00. The lowest BCUT2D eigenvalue weighted by Gasteiger charge is -2.40. The molecule has 5 rings (SSSR count). The second kappa shape index (κ2) is 8.47. The van der Waals surface area contributed by atoms with Crippen molar-refractivity contribution in [3.8, 4) is 11.1 Å². The zero-order valence-electron chi connectivity index (χ0n) is 18.1. The molecule has 3 heterocycles. The molecule has 0 spiro atoms. The minimum Gasteiger partial charge on any atom is -0.352 e. The maximum atomic E-state index is 13.6. The number of aromatic nitrogens is 3. The van der Waals surface area contributed by atoms with Gasteiger partial charge in [-0.2, -0.15) is 13.2 Å². The number of piperazine rings is 1. The van der Waals surface area contributed by atoms with Gasteiger partial charge in [0.25, 0.3) is 0 Å². The fraction of sp³-hybridized carbons (Fsp3) is 0.250. The quantitative estimate of drug-likeness (QED) is 0.351. The Labute approximate surface area is 198 Å². The third kappa shape index (κ3) is 4.16. The first-order valence-corrected chi connectivity index (χ1v) is 11.1. The zero-order valence-corrected chi connectivity index (χ0v) is 18.8. The second-order valence-corrected chi connectivity index (χ2v) is 8.69. The number of halogens is 5. The number of pyridine rings is 1. The first-order valence-electron chi connectivity index (χ1n) is 10.7. The summed E-state index contributed by atoms with van der Waals surface area (Å²) >= 11 is 6.30. The van der Waals surface area contributed by atoms with Crippen LogP contribution in [0, 0.1) is 5.82 Å². The van der Waals surface area contributed by atoms with Crippen molar-refractivity contribution in [3.63, 3.8) is 0 Å². The highest BCUT2D eigenvalue weighted by molar-refractivity contribution is 6.32. The van der Waals surface area contributed by atoms with Crippen molar-refractivity contribution in [2.75, 3.05) is 29.4 Å². The van der Waals surface area contributed by atoms with E-state index in [1.165, 1.54) is 24.3 Å². The molecule has 0 saturated carbocycles. The molecule has 0 aliphatic carbocycles. The van der Waals surface area contributed by atoms with Crippen molar-refractivity contribution in [3.05, 3.63) is 71.1 Å². The first kappa shape index (κ1) is 22.5. The molecular formula is C24H20ClF4N5. The van der Waals surface area contributed by atoms with Gasteiger partial charge in [-0.3, -0.25) is 0 Å². The predicted octanol–water partition coefficient (Wildman–Crippen LogP) is 6.15. The van der Waals surface area contributed by atoms with Gasteiger partial charge in [0.1, 0.15) is 11.6 Å². The zero-order chi connectivity index (χ0) is 24.0. The molecule has 1 aliphatic rings. The van der Waals surface area contributed by atoms with Gasteiger partial charge in [-0.15, -0.1) is 0 Å². The molecule has 1 aliphatic heterocycles. The summed E-state index contributed by atoms with van der Waals surface area (Å²) in [7, 11) is 0. The molecule has 1 N–H and O–H groups in total. The summed E-state index contributed by atoms with van der Waals surface area (Å²) in [4.78, 5) is 16.2. The average molecular weight is 490 g/mol. The van der Waals surface area contributed by atoms with E-state index in [-0.39, 0.29) is 11.6 Å². The maximum Gasteiger partial charge on any atom is 0.416 e. The molecule has 0 unspecified atom stereocenters. The highest BCUT2D eigenvalue weighted by Gasteiger charge is 2.33. The van der Waals surface area contributed by atoms with Gasteiger partial charge in [0.15, 0.2) is 0 Å². The Hall–Kier alpha value is -3.33. The molecule has 2 aromatic carbocycles. The molecule has 0 radical (unpaired) electrons. The summed E-state index contributed by atoms with van der Waals surface area (Å²) in [6.45, 7) is 3.83. The van der Waals surface area contributed by atoms with Crippen molar-refractivity contribution in [2.45, 2.75) is 19.1 Å². The van der Waals surface area contributed by atoms with Crippen LogP contribution in [0.3, 0.4) is 0 Å². The maximum absolute atomic E-state index is 13.6. The SMILES string of the molecule is C[C@@H]1CN(c2ncccc2Cl)CCN1c1nc2cc(C(F)(F)F)cc(-c3ccc(F)cc3)c2[nH]1. The molecule has 10 heteroatoms. The Morgan fingerprint density at radius 1 is 1.09 bits per heavy atom. The molecule has 34 heavy (non-hydrogen) atoms. The van der Waals surface area contributed by atoms with Crippen molar-refractivity contribution >= 4 is 34.4 Å². The Morgan fingerprint density at radius 3 is 2.53 bits per heavy atom. The third-order valence-corrected chi connectivity index (χ3v) is 6.30.